The van der Waals surface area contributed by atoms with Gasteiger partial charge in [-0.2, -0.15) is 0 Å². The molecule has 0 aromatic heterocycles. The van der Waals surface area contributed by atoms with Crippen LogP contribution in [0, 0.1) is 0 Å². The van der Waals surface area contributed by atoms with Crippen LogP contribution in [0.15, 0.2) is 24.3 Å². The average molecular weight is 177 g/mol. The van der Waals surface area contributed by atoms with Crippen LogP contribution in [0.2, 0.25) is 0 Å². The molecule has 70 valence electrons. The maximum absolute atomic E-state index is 9.73. The predicted molar refractivity (Wildman–Crippen MR) is 53.8 cm³/mol. The Morgan fingerprint density at radius 3 is 3.00 bits per heavy atom. The van der Waals surface area contributed by atoms with Crippen LogP contribution in [0.3, 0.4) is 0 Å². The Kier molecular flexibility index (Phi) is 2.23. The molecule has 0 amide bonds. The number of rotatable bonds is 0. The fourth-order valence-electron chi connectivity index (χ4n) is 1.90. The molecule has 13 heavy (non-hydrogen) atoms. The highest BCUT2D eigenvalue weighted by molar-refractivity contribution is 5.54. The van der Waals surface area contributed by atoms with Crippen LogP contribution < -0.4 is 4.90 Å². The molecule has 2 heteroatoms. The Hall–Kier alpha value is -1.02. The first kappa shape index (κ1) is 8.57. The summed E-state index contributed by atoms with van der Waals surface area (Å²) < 4.78 is 0. The second-order valence-corrected chi connectivity index (χ2v) is 3.61. The summed E-state index contributed by atoms with van der Waals surface area (Å²) in [5.74, 6) is 0. The SMILES string of the molecule is CN1c2ccccc2CCCC1O. The number of para-hydroxylation sites is 1. The van der Waals surface area contributed by atoms with Crippen molar-refractivity contribution in [3.8, 4) is 0 Å². The van der Waals surface area contributed by atoms with Crippen molar-refractivity contribution in [2.24, 2.45) is 0 Å². The molecular formula is C11H15NO. The Bertz CT molecular complexity index is 298. The van der Waals surface area contributed by atoms with E-state index in [1.807, 2.05) is 18.0 Å². The lowest BCUT2D eigenvalue weighted by molar-refractivity contribution is 0.165. The summed E-state index contributed by atoms with van der Waals surface area (Å²) in [6.07, 6.45) is 2.70. The van der Waals surface area contributed by atoms with Gasteiger partial charge in [-0.05, 0) is 30.9 Å². The Labute approximate surface area is 78.8 Å². The van der Waals surface area contributed by atoms with E-state index in [4.69, 9.17) is 0 Å². The summed E-state index contributed by atoms with van der Waals surface area (Å²) >= 11 is 0. The van der Waals surface area contributed by atoms with Crippen LogP contribution in [0.5, 0.6) is 0 Å². The summed E-state index contributed by atoms with van der Waals surface area (Å²) in [4.78, 5) is 1.96. The Morgan fingerprint density at radius 1 is 1.38 bits per heavy atom. The molecule has 1 N–H and O–H groups in total. The minimum atomic E-state index is -0.316. The maximum Gasteiger partial charge on any atom is 0.126 e. The fraction of sp³-hybridized carbons (Fsp3) is 0.455. The molecule has 0 saturated carbocycles. The van der Waals surface area contributed by atoms with Gasteiger partial charge in [-0.3, -0.25) is 0 Å². The van der Waals surface area contributed by atoms with E-state index in [0.717, 1.165) is 19.3 Å². The van der Waals surface area contributed by atoms with Crippen molar-refractivity contribution >= 4 is 5.69 Å². The molecule has 0 fully saturated rings. The quantitative estimate of drug-likeness (QED) is 0.653. The van der Waals surface area contributed by atoms with Gasteiger partial charge in [0.2, 0.25) is 0 Å². The van der Waals surface area contributed by atoms with E-state index in [-0.39, 0.29) is 6.23 Å². The van der Waals surface area contributed by atoms with Crippen LogP contribution in [-0.4, -0.2) is 18.4 Å². The molecule has 0 spiro atoms. The maximum atomic E-state index is 9.73. The van der Waals surface area contributed by atoms with E-state index in [2.05, 4.69) is 18.2 Å². The largest absolute Gasteiger partial charge is 0.374 e. The van der Waals surface area contributed by atoms with Crippen LogP contribution in [0.1, 0.15) is 18.4 Å². The summed E-state index contributed by atoms with van der Waals surface area (Å²) in [7, 11) is 1.95. The molecule has 1 aromatic rings. The number of aliphatic hydroxyl groups excluding tert-OH is 1. The average Bonchev–Trinajstić information content (AvgIpc) is 2.29. The number of benzene rings is 1. The Balaban J connectivity index is 2.40. The number of anilines is 1. The molecule has 1 heterocycles. The lowest BCUT2D eigenvalue weighted by Crippen LogP contribution is -2.30. The van der Waals surface area contributed by atoms with Crippen molar-refractivity contribution in [1.82, 2.24) is 0 Å². The first-order valence-electron chi connectivity index (χ1n) is 4.78. The highest BCUT2D eigenvalue weighted by Crippen LogP contribution is 2.26. The molecule has 0 saturated heterocycles. The van der Waals surface area contributed by atoms with Gasteiger partial charge in [-0.15, -0.1) is 0 Å². The molecule has 1 aliphatic heterocycles. The van der Waals surface area contributed by atoms with Crippen LogP contribution >= 0.6 is 0 Å². The minimum absolute atomic E-state index is 0.316. The third-order valence-electron chi connectivity index (χ3n) is 2.73. The van der Waals surface area contributed by atoms with Gasteiger partial charge in [-0.1, -0.05) is 18.2 Å². The summed E-state index contributed by atoms with van der Waals surface area (Å²) in [5, 5.41) is 9.73. The third kappa shape index (κ3) is 1.54. The lowest BCUT2D eigenvalue weighted by atomic mass is 10.1. The number of fused-ring (bicyclic) bond motifs is 1. The molecule has 1 aliphatic rings. The molecule has 0 radical (unpaired) electrons. The van der Waals surface area contributed by atoms with Crippen LogP contribution in [-0.2, 0) is 6.42 Å². The molecule has 2 nitrogen and oxygen atoms in total. The molecule has 1 atom stereocenters. The minimum Gasteiger partial charge on any atom is -0.374 e. The van der Waals surface area contributed by atoms with Crippen LogP contribution in [0.25, 0.3) is 0 Å². The van der Waals surface area contributed by atoms with Gasteiger partial charge in [0.05, 0.1) is 0 Å². The first-order valence-corrected chi connectivity index (χ1v) is 4.78. The van der Waals surface area contributed by atoms with Crippen molar-refractivity contribution in [3.05, 3.63) is 29.8 Å². The van der Waals surface area contributed by atoms with E-state index in [9.17, 15) is 5.11 Å². The Morgan fingerprint density at radius 2 is 2.15 bits per heavy atom. The summed E-state index contributed by atoms with van der Waals surface area (Å²) in [6, 6.07) is 8.30. The van der Waals surface area contributed by atoms with Crippen molar-refractivity contribution in [2.75, 3.05) is 11.9 Å². The van der Waals surface area contributed by atoms with E-state index in [1.165, 1.54) is 11.3 Å². The third-order valence-corrected chi connectivity index (χ3v) is 2.73. The topological polar surface area (TPSA) is 23.5 Å². The molecule has 0 bridgehead atoms. The predicted octanol–water partition coefficient (Wildman–Crippen LogP) is 1.78. The number of aliphatic hydroxyl groups is 1. The van der Waals surface area contributed by atoms with E-state index >= 15 is 0 Å². The highest BCUT2D eigenvalue weighted by Gasteiger charge is 2.17. The summed E-state index contributed by atoms with van der Waals surface area (Å²) in [5.41, 5.74) is 2.52. The van der Waals surface area contributed by atoms with E-state index in [1.54, 1.807) is 0 Å². The monoisotopic (exact) mass is 177 g/mol. The van der Waals surface area contributed by atoms with Gasteiger partial charge in [0, 0.05) is 12.7 Å². The van der Waals surface area contributed by atoms with Crippen molar-refractivity contribution < 1.29 is 5.11 Å². The van der Waals surface area contributed by atoms with Crippen molar-refractivity contribution in [2.45, 2.75) is 25.5 Å². The van der Waals surface area contributed by atoms with Crippen molar-refractivity contribution in [1.29, 1.82) is 0 Å². The van der Waals surface area contributed by atoms with Gasteiger partial charge >= 0.3 is 0 Å². The van der Waals surface area contributed by atoms with Crippen LogP contribution in [0.4, 0.5) is 5.69 Å². The zero-order valence-corrected chi connectivity index (χ0v) is 7.90. The molecular weight excluding hydrogens is 162 g/mol. The zero-order chi connectivity index (χ0) is 9.26. The number of aryl methyl sites for hydroxylation is 1. The number of nitrogens with zero attached hydrogens (tertiary/aromatic N) is 1. The zero-order valence-electron chi connectivity index (χ0n) is 7.90. The highest BCUT2D eigenvalue weighted by atomic mass is 16.3. The van der Waals surface area contributed by atoms with Gasteiger partial charge in [0.25, 0.3) is 0 Å². The second kappa shape index (κ2) is 3.38. The molecule has 1 aromatic carbocycles. The number of hydrogen-bond acceptors (Lipinski definition) is 2. The van der Waals surface area contributed by atoms with Crippen molar-refractivity contribution in [3.63, 3.8) is 0 Å². The van der Waals surface area contributed by atoms with Gasteiger partial charge < -0.3 is 10.0 Å². The van der Waals surface area contributed by atoms with Gasteiger partial charge in [0.15, 0.2) is 0 Å². The number of hydrogen-bond donors (Lipinski definition) is 1. The summed E-state index contributed by atoms with van der Waals surface area (Å²) in [6.45, 7) is 0. The van der Waals surface area contributed by atoms with E-state index in [0.29, 0.717) is 0 Å². The first-order chi connectivity index (χ1) is 6.29. The smallest absolute Gasteiger partial charge is 0.126 e. The van der Waals surface area contributed by atoms with Gasteiger partial charge in [0.1, 0.15) is 6.23 Å². The fourth-order valence-corrected chi connectivity index (χ4v) is 1.90. The second-order valence-electron chi connectivity index (χ2n) is 3.61. The standard InChI is InChI=1S/C11H15NO/c1-12-10-7-3-2-5-9(10)6-4-8-11(12)13/h2-3,5,7,11,13H,4,6,8H2,1H3. The van der Waals surface area contributed by atoms with E-state index < -0.39 is 0 Å². The molecule has 2 rings (SSSR count). The lowest BCUT2D eigenvalue weighted by Gasteiger charge is -2.24. The van der Waals surface area contributed by atoms with Gasteiger partial charge in [-0.25, -0.2) is 0 Å². The normalized spacial score (nSPS) is 22.3. The molecule has 1 unspecified atom stereocenters. The molecule has 0 aliphatic carbocycles.